The Hall–Kier alpha value is -1.36. The highest BCUT2D eigenvalue weighted by Gasteiger charge is 2.07. The van der Waals surface area contributed by atoms with Crippen LogP contribution in [-0.4, -0.2) is 17.6 Å². The van der Waals surface area contributed by atoms with Gasteiger partial charge in [0, 0.05) is 11.0 Å². The van der Waals surface area contributed by atoms with Crippen molar-refractivity contribution in [1.29, 1.82) is 0 Å². The lowest BCUT2D eigenvalue weighted by molar-refractivity contribution is 0.0696. The van der Waals surface area contributed by atoms with Crippen LogP contribution in [0.15, 0.2) is 29.3 Å². The molecule has 1 rings (SSSR count). The van der Waals surface area contributed by atoms with Crippen molar-refractivity contribution in [3.05, 3.63) is 40.6 Å². The molecule has 0 aliphatic rings. The second kappa shape index (κ2) is 4.93. The number of rotatable bonds is 4. The molecule has 0 saturated carbocycles. The quantitative estimate of drug-likeness (QED) is 0.887. The highest BCUT2D eigenvalue weighted by molar-refractivity contribution is 9.11. The van der Waals surface area contributed by atoms with Gasteiger partial charge in [0.15, 0.2) is 0 Å². The molecule has 0 bridgehead atoms. The van der Waals surface area contributed by atoms with Crippen LogP contribution >= 0.6 is 15.9 Å². The second-order valence-corrected chi connectivity index (χ2v) is 3.99. The predicted molar refractivity (Wildman–Crippen MR) is 59.9 cm³/mol. The molecule has 2 N–H and O–H groups in total. The molecule has 0 radical (unpaired) electrons. The smallest absolute Gasteiger partial charge is 0.335 e. The first-order valence-corrected chi connectivity index (χ1v) is 4.90. The van der Waals surface area contributed by atoms with Gasteiger partial charge in [0.25, 0.3) is 0 Å². The van der Waals surface area contributed by atoms with Crippen molar-refractivity contribution < 1.29 is 14.3 Å². The standard InChI is InChI=1S/C10H9BrFNO2/c1-6(11)5-13-9-3-2-7(10(14)15)4-8(9)12/h2-4,13H,1,5H2,(H,14,15). The fourth-order valence-electron chi connectivity index (χ4n) is 0.983. The average Bonchev–Trinajstić information content (AvgIpc) is 2.15. The lowest BCUT2D eigenvalue weighted by Crippen LogP contribution is -2.04. The molecule has 5 heteroatoms. The Morgan fingerprint density at radius 1 is 1.60 bits per heavy atom. The number of aromatic carboxylic acids is 1. The predicted octanol–water partition coefficient (Wildman–Crippen LogP) is 2.84. The van der Waals surface area contributed by atoms with E-state index in [1.807, 2.05) is 0 Å². The molecule has 0 atom stereocenters. The zero-order valence-corrected chi connectivity index (χ0v) is 9.34. The molecule has 1 aromatic carbocycles. The Labute approximate surface area is 94.7 Å². The molecule has 0 fully saturated rings. The van der Waals surface area contributed by atoms with E-state index in [2.05, 4.69) is 27.8 Å². The summed E-state index contributed by atoms with van der Waals surface area (Å²) in [5.41, 5.74) is 0.177. The molecule has 80 valence electrons. The van der Waals surface area contributed by atoms with Gasteiger partial charge < -0.3 is 10.4 Å². The summed E-state index contributed by atoms with van der Waals surface area (Å²) < 4.78 is 14.0. The number of carbonyl (C=O) groups is 1. The van der Waals surface area contributed by atoms with Crippen molar-refractivity contribution in [2.75, 3.05) is 11.9 Å². The molecule has 3 nitrogen and oxygen atoms in total. The molecular weight excluding hydrogens is 265 g/mol. The number of carboxylic acid groups (broad SMARTS) is 1. The zero-order chi connectivity index (χ0) is 11.4. The van der Waals surface area contributed by atoms with Crippen molar-refractivity contribution in [2.24, 2.45) is 0 Å². The van der Waals surface area contributed by atoms with Gasteiger partial charge in [-0.15, -0.1) is 0 Å². The van der Waals surface area contributed by atoms with E-state index in [1.54, 1.807) is 0 Å². The van der Waals surface area contributed by atoms with Crippen molar-refractivity contribution in [3.8, 4) is 0 Å². The van der Waals surface area contributed by atoms with Gasteiger partial charge in [0.05, 0.1) is 11.3 Å². The molecule has 0 heterocycles. The summed E-state index contributed by atoms with van der Waals surface area (Å²) in [5.74, 6) is -1.74. The van der Waals surface area contributed by atoms with E-state index < -0.39 is 11.8 Å². The Kier molecular flexibility index (Phi) is 3.85. The van der Waals surface area contributed by atoms with Gasteiger partial charge >= 0.3 is 5.97 Å². The fourth-order valence-corrected chi connectivity index (χ4v) is 1.12. The maximum absolute atomic E-state index is 13.3. The monoisotopic (exact) mass is 273 g/mol. The number of carboxylic acids is 1. The van der Waals surface area contributed by atoms with Gasteiger partial charge in [-0.25, -0.2) is 9.18 Å². The summed E-state index contributed by atoms with van der Waals surface area (Å²) in [6.07, 6.45) is 0. The summed E-state index contributed by atoms with van der Waals surface area (Å²) in [4.78, 5) is 10.5. The van der Waals surface area contributed by atoms with Crippen LogP contribution in [0.5, 0.6) is 0 Å². The summed E-state index contributed by atoms with van der Waals surface area (Å²) in [6.45, 7) is 3.96. The average molecular weight is 274 g/mol. The minimum atomic E-state index is -1.15. The SMILES string of the molecule is C=C(Br)CNc1ccc(C(=O)O)cc1F. The summed E-state index contributed by atoms with van der Waals surface area (Å²) in [7, 11) is 0. The lowest BCUT2D eigenvalue weighted by Gasteiger charge is -2.06. The Balaban J connectivity index is 2.83. The van der Waals surface area contributed by atoms with Gasteiger partial charge in [-0.1, -0.05) is 22.5 Å². The normalized spacial score (nSPS) is 9.73. The lowest BCUT2D eigenvalue weighted by atomic mass is 10.2. The van der Waals surface area contributed by atoms with Crippen molar-refractivity contribution in [1.82, 2.24) is 0 Å². The molecule has 0 saturated heterocycles. The largest absolute Gasteiger partial charge is 0.478 e. The van der Waals surface area contributed by atoms with E-state index in [9.17, 15) is 9.18 Å². The first-order chi connectivity index (χ1) is 7.00. The summed E-state index contributed by atoms with van der Waals surface area (Å²) in [6, 6.07) is 3.70. The molecular formula is C10H9BrFNO2. The number of halogens is 2. The van der Waals surface area contributed by atoms with Crippen LogP contribution in [0, 0.1) is 5.82 Å². The highest BCUT2D eigenvalue weighted by atomic mass is 79.9. The number of hydrogen-bond donors (Lipinski definition) is 2. The van der Waals surface area contributed by atoms with Crippen molar-refractivity contribution >= 4 is 27.6 Å². The molecule has 0 aromatic heterocycles. The first-order valence-electron chi connectivity index (χ1n) is 4.10. The molecule has 0 aliphatic carbocycles. The van der Waals surface area contributed by atoms with Crippen LogP contribution in [0.4, 0.5) is 10.1 Å². The van der Waals surface area contributed by atoms with Gasteiger partial charge in [-0.2, -0.15) is 0 Å². The number of anilines is 1. The van der Waals surface area contributed by atoms with Crippen molar-refractivity contribution in [3.63, 3.8) is 0 Å². The number of benzene rings is 1. The number of hydrogen-bond acceptors (Lipinski definition) is 2. The van der Waals surface area contributed by atoms with Gasteiger partial charge in [0.1, 0.15) is 5.82 Å². The van der Waals surface area contributed by atoms with E-state index in [-0.39, 0.29) is 11.3 Å². The Morgan fingerprint density at radius 3 is 2.73 bits per heavy atom. The van der Waals surface area contributed by atoms with Crippen LogP contribution < -0.4 is 5.32 Å². The van der Waals surface area contributed by atoms with Crippen LogP contribution in [0.2, 0.25) is 0 Å². The highest BCUT2D eigenvalue weighted by Crippen LogP contribution is 2.16. The molecule has 1 aromatic rings. The maximum Gasteiger partial charge on any atom is 0.335 e. The molecule has 0 amide bonds. The van der Waals surface area contributed by atoms with Crippen LogP contribution in [-0.2, 0) is 0 Å². The molecule has 0 spiro atoms. The second-order valence-electron chi connectivity index (χ2n) is 2.87. The van der Waals surface area contributed by atoms with E-state index in [4.69, 9.17) is 5.11 Å². The minimum absolute atomic E-state index is 0.0734. The zero-order valence-electron chi connectivity index (χ0n) is 7.76. The first kappa shape index (κ1) is 11.7. The number of nitrogens with one attached hydrogen (secondary N) is 1. The van der Waals surface area contributed by atoms with E-state index in [0.29, 0.717) is 11.0 Å². The van der Waals surface area contributed by atoms with Crippen LogP contribution in [0.25, 0.3) is 0 Å². The van der Waals surface area contributed by atoms with Gasteiger partial charge in [0.2, 0.25) is 0 Å². The van der Waals surface area contributed by atoms with E-state index in [1.165, 1.54) is 12.1 Å². The molecule has 15 heavy (non-hydrogen) atoms. The molecule has 0 aliphatic heterocycles. The third-order valence-electron chi connectivity index (χ3n) is 1.69. The Bertz CT molecular complexity index is 406. The third-order valence-corrected chi connectivity index (χ3v) is 1.97. The third kappa shape index (κ3) is 3.36. The van der Waals surface area contributed by atoms with Gasteiger partial charge in [-0.3, -0.25) is 0 Å². The summed E-state index contributed by atoms with van der Waals surface area (Å²) in [5, 5.41) is 11.4. The Morgan fingerprint density at radius 2 is 2.27 bits per heavy atom. The van der Waals surface area contributed by atoms with Crippen LogP contribution in [0.1, 0.15) is 10.4 Å². The summed E-state index contributed by atoms with van der Waals surface area (Å²) >= 11 is 3.12. The van der Waals surface area contributed by atoms with Gasteiger partial charge in [-0.05, 0) is 18.2 Å². The van der Waals surface area contributed by atoms with Crippen molar-refractivity contribution in [2.45, 2.75) is 0 Å². The molecule has 0 unspecified atom stereocenters. The fraction of sp³-hybridized carbons (Fsp3) is 0.100. The minimum Gasteiger partial charge on any atom is -0.478 e. The maximum atomic E-state index is 13.3. The topological polar surface area (TPSA) is 49.3 Å². The van der Waals surface area contributed by atoms with E-state index in [0.717, 1.165) is 6.07 Å². The van der Waals surface area contributed by atoms with E-state index >= 15 is 0 Å². The van der Waals surface area contributed by atoms with Crippen LogP contribution in [0.3, 0.4) is 0 Å².